The van der Waals surface area contributed by atoms with Crippen molar-refractivity contribution in [1.82, 2.24) is 0 Å². The zero-order valence-corrected chi connectivity index (χ0v) is 12.0. The predicted molar refractivity (Wildman–Crippen MR) is 70.0 cm³/mol. The fourth-order valence-corrected chi connectivity index (χ4v) is 2.54. The minimum atomic E-state index is 0.242. The number of halogens is 2. The molecule has 0 unspecified atom stereocenters. The number of benzene rings is 1. The predicted octanol–water partition coefficient (Wildman–Crippen LogP) is 3.09. The van der Waals surface area contributed by atoms with Crippen LogP contribution >= 0.6 is 31.9 Å². The molecule has 0 heterocycles. The summed E-state index contributed by atoms with van der Waals surface area (Å²) in [5.74, 6) is 1.61. The van der Waals surface area contributed by atoms with Gasteiger partial charge in [-0.3, -0.25) is 0 Å². The number of hydrogen-bond acceptors (Lipinski definition) is 3. The molecule has 3 nitrogen and oxygen atoms in total. The van der Waals surface area contributed by atoms with E-state index in [1.807, 2.05) is 12.1 Å². The van der Waals surface area contributed by atoms with Crippen LogP contribution in [0.1, 0.15) is 12.8 Å². The molecule has 2 N–H and O–H groups in total. The summed E-state index contributed by atoms with van der Waals surface area (Å²) < 4.78 is 12.8. The van der Waals surface area contributed by atoms with Gasteiger partial charge in [0, 0.05) is 6.04 Å². The summed E-state index contributed by atoms with van der Waals surface area (Å²) in [5.41, 5.74) is 5.72. The van der Waals surface area contributed by atoms with Crippen molar-refractivity contribution in [2.24, 2.45) is 5.73 Å². The largest absolute Gasteiger partial charge is 0.496 e. The van der Waals surface area contributed by atoms with Crippen LogP contribution in [0.3, 0.4) is 0 Å². The molecule has 1 saturated carbocycles. The second-order valence-corrected chi connectivity index (χ2v) is 5.60. The lowest BCUT2D eigenvalue weighted by Crippen LogP contribution is -2.43. The summed E-state index contributed by atoms with van der Waals surface area (Å²) in [5, 5.41) is 0. The van der Waals surface area contributed by atoms with Crippen molar-refractivity contribution in [3.63, 3.8) is 0 Å². The molecule has 0 radical (unpaired) electrons. The Morgan fingerprint density at radius 1 is 1.19 bits per heavy atom. The zero-order valence-electron chi connectivity index (χ0n) is 8.87. The third-order valence-corrected chi connectivity index (χ3v) is 3.87. The van der Waals surface area contributed by atoms with Crippen molar-refractivity contribution in [2.45, 2.75) is 25.0 Å². The van der Waals surface area contributed by atoms with Gasteiger partial charge in [-0.15, -0.1) is 0 Å². The van der Waals surface area contributed by atoms with Crippen LogP contribution in [0.5, 0.6) is 11.5 Å². The van der Waals surface area contributed by atoms with Crippen molar-refractivity contribution in [3.8, 4) is 11.5 Å². The van der Waals surface area contributed by atoms with Crippen LogP contribution in [0, 0.1) is 0 Å². The minimum Gasteiger partial charge on any atom is -0.496 e. The van der Waals surface area contributed by atoms with Gasteiger partial charge in [0.1, 0.15) is 17.6 Å². The lowest BCUT2D eigenvalue weighted by molar-refractivity contribution is 0.0999. The molecule has 1 aliphatic carbocycles. The van der Waals surface area contributed by atoms with Gasteiger partial charge in [-0.1, -0.05) is 0 Å². The first-order chi connectivity index (χ1) is 7.60. The van der Waals surface area contributed by atoms with Gasteiger partial charge in [0.15, 0.2) is 0 Å². The number of rotatable bonds is 3. The Hall–Kier alpha value is -0.260. The molecule has 1 fully saturated rings. The van der Waals surface area contributed by atoms with E-state index in [-0.39, 0.29) is 6.10 Å². The molecule has 1 aromatic rings. The van der Waals surface area contributed by atoms with Crippen LogP contribution in [-0.2, 0) is 0 Å². The first-order valence-corrected chi connectivity index (χ1v) is 6.64. The smallest absolute Gasteiger partial charge is 0.135 e. The Morgan fingerprint density at radius 2 is 1.75 bits per heavy atom. The van der Waals surface area contributed by atoms with E-state index < -0.39 is 0 Å². The molecule has 0 bridgehead atoms. The lowest BCUT2D eigenvalue weighted by Gasteiger charge is -2.33. The normalized spacial score (nSPS) is 23.8. The van der Waals surface area contributed by atoms with Crippen LogP contribution in [0.25, 0.3) is 0 Å². The van der Waals surface area contributed by atoms with Crippen LogP contribution < -0.4 is 15.2 Å². The van der Waals surface area contributed by atoms with E-state index in [2.05, 4.69) is 31.9 Å². The molecule has 2 rings (SSSR count). The van der Waals surface area contributed by atoms with Crippen LogP contribution in [0.2, 0.25) is 0 Å². The maximum absolute atomic E-state index is 5.82. The van der Waals surface area contributed by atoms with E-state index >= 15 is 0 Å². The van der Waals surface area contributed by atoms with E-state index in [1.54, 1.807) is 7.11 Å². The Morgan fingerprint density at radius 3 is 2.31 bits per heavy atom. The molecule has 0 atom stereocenters. The molecule has 5 heteroatoms. The quantitative estimate of drug-likeness (QED) is 0.911. The Bertz CT molecular complexity index is 392. The highest BCUT2D eigenvalue weighted by molar-refractivity contribution is 9.11. The van der Waals surface area contributed by atoms with Gasteiger partial charge in [0.05, 0.1) is 16.1 Å². The summed E-state index contributed by atoms with van der Waals surface area (Å²) in [6.07, 6.45) is 2.10. The van der Waals surface area contributed by atoms with Gasteiger partial charge in [-0.05, 0) is 56.8 Å². The molecule has 88 valence electrons. The summed E-state index contributed by atoms with van der Waals surface area (Å²) >= 11 is 6.89. The van der Waals surface area contributed by atoms with Gasteiger partial charge in [-0.2, -0.15) is 0 Å². The Labute approximate surface area is 112 Å². The highest BCUT2D eigenvalue weighted by Gasteiger charge is 2.28. The van der Waals surface area contributed by atoms with E-state index in [1.165, 1.54) is 0 Å². The number of methoxy groups -OCH3 is 1. The molecule has 1 aromatic carbocycles. The van der Waals surface area contributed by atoms with Crippen molar-refractivity contribution in [3.05, 3.63) is 21.1 Å². The van der Waals surface area contributed by atoms with Gasteiger partial charge < -0.3 is 15.2 Å². The molecule has 0 aromatic heterocycles. The molecule has 16 heavy (non-hydrogen) atoms. The standard InChI is InChI=1S/C11H13Br2NO2/c1-15-10-4-9(13)11(5-8(10)12)16-7-2-6(14)3-7/h4-7H,2-3,14H2,1H3. The average molecular weight is 351 g/mol. The van der Waals surface area contributed by atoms with Crippen molar-refractivity contribution in [2.75, 3.05) is 7.11 Å². The van der Waals surface area contributed by atoms with Gasteiger partial charge in [-0.25, -0.2) is 0 Å². The number of hydrogen-bond donors (Lipinski definition) is 1. The third-order valence-electron chi connectivity index (χ3n) is 2.63. The zero-order chi connectivity index (χ0) is 11.7. The van der Waals surface area contributed by atoms with E-state index in [9.17, 15) is 0 Å². The number of ether oxygens (including phenoxy) is 2. The summed E-state index contributed by atoms with van der Waals surface area (Å²) in [4.78, 5) is 0. The van der Waals surface area contributed by atoms with E-state index in [0.29, 0.717) is 6.04 Å². The first-order valence-electron chi connectivity index (χ1n) is 5.05. The Balaban J connectivity index is 2.12. The monoisotopic (exact) mass is 349 g/mol. The van der Waals surface area contributed by atoms with Crippen LogP contribution in [0.4, 0.5) is 0 Å². The van der Waals surface area contributed by atoms with Crippen molar-refractivity contribution >= 4 is 31.9 Å². The SMILES string of the molecule is COc1cc(Br)c(OC2CC(N)C2)cc1Br. The van der Waals surface area contributed by atoms with Crippen molar-refractivity contribution in [1.29, 1.82) is 0 Å². The minimum absolute atomic E-state index is 0.242. The van der Waals surface area contributed by atoms with Gasteiger partial charge in [0.2, 0.25) is 0 Å². The third kappa shape index (κ3) is 2.52. The number of nitrogens with two attached hydrogens (primary N) is 1. The van der Waals surface area contributed by atoms with Crippen LogP contribution in [0.15, 0.2) is 21.1 Å². The first kappa shape index (κ1) is 12.2. The summed E-state index contributed by atoms with van der Waals surface area (Å²) in [6.45, 7) is 0. The molecule has 0 aliphatic heterocycles. The van der Waals surface area contributed by atoms with Crippen molar-refractivity contribution < 1.29 is 9.47 Å². The second-order valence-electron chi connectivity index (χ2n) is 3.89. The van der Waals surface area contributed by atoms with Gasteiger partial charge in [0.25, 0.3) is 0 Å². The fraction of sp³-hybridized carbons (Fsp3) is 0.455. The topological polar surface area (TPSA) is 44.5 Å². The maximum atomic E-state index is 5.82. The van der Waals surface area contributed by atoms with E-state index in [0.717, 1.165) is 33.3 Å². The highest BCUT2D eigenvalue weighted by atomic mass is 79.9. The summed E-state index contributed by atoms with van der Waals surface area (Å²) in [7, 11) is 1.64. The maximum Gasteiger partial charge on any atom is 0.135 e. The average Bonchev–Trinajstić information content (AvgIpc) is 2.20. The summed E-state index contributed by atoms with van der Waals surface area (Å²) in [6, 6.07) is 4.09. The molecule has 1 aliphatic rings. The molecule has 0 saturated heterocycles. The molecule has 0 spiro atoms. The molecule has 0 amide bonds. The second kappa shape index (κ2) is 4.94. The van der Waals surface area contributed by atoms with Crippen LogP contribution in [-0.4, -0.2) is 19.3 Å². The van der Waals surface area contributed by atoms with E-state index in [4.69, 9.17) is 15.2 Å². The van der Waals surface area contributed by atoms with Gasteiger partial charge >= 0.3 is 0 Å². The molecular formula is C11H13Br2NO2. The fourth-order valence-electron chi connectivity index (χ4n) is 1.64. The molecular weight excluding hydrogens is 338 g/mol. The lowest BCUT2D eigenvalue weighted by atomic mass is 9.90. The Kier molecular flexibility index (Phi) is 3.77. The highest BCUT2D eigenvalue weighted by Crippen LogP contribution is 2.37.